The van der Waals surface area contributed by atoms with Crippen LogP contribution < -0.4 is 10.5 Å². The lowest BCUT2D eigenvalue weighted by atomic mass is 10.1. The van der Waals surface area contributed by atoms with Crippen molar-refractivity contribution in [2.45, 2.75) is 57.6 Å². The molecule has 0 bridgehead atoms. The van der Waals surface area contributed by atoms with Crippen molar-refractivity contribution >= 4 is 0 Å². The van der Waals surface area contributed by atoms with Crippen LogP contribution in [-0.4, -0.2) is 11.1 Å². The summed E-state index contributed by atoms with van der Waals surface area (Å²) in [4.78, 5) is 4.27. The van der Waals surface area contributed by atoms with E-state index in [1.54, 1.807) is 6.20 Å². The zero-order chi connectivity index (χ0) is 12.1. The van der Waals surface area contributed by atoms with E-state index in [9.17, 15) is 0 Å². The fourth-order valence-corrected chi connectivity index (χ4v) is 2.30. The number of hydrogen-bond acceptors (Lipinski definition) is 3. The summed E-state index contributed by atoms with van der Waals surface area (Å²) in [5.74, 6) is 0.728. The largest absolute Gasteiger partial charge is 0.474 e. The Morgan fingerprint density at radius 1 is 1.29 bits per heavy atom. The Morgan fingerprint density at radius 2 is 2.00 bits per heavy atom. The van der Waals surface area contributed by atoms with E-state index in [-0.39, 0.29) is 6.04 Å². The second-order valence-corrected chi connectivity index (χ2v) is 4.95. The molecule has 1 unspecified atom stereocenters. The first-order chi connectivity index (χ1) is 8.25. The molecule has 3 nitrogen and oxygen atoms in total. The molecule has 17 heavy (non-hydrogen) atoms. The van der Waals surface area contributed by atoms with Gasteiger partial charge in [-0.2, -0.15) is 0 Å². The average molecular weight is 234 g/mol. The lowest BCUT2D eigenvalue weighted by Crippen LogP contribution is -2.16. The predicted molar refractivity (Wildman–Crippen MR) is 69.0 cm³/mol. The van der Waals surface area contributed by atoms with Crippen LogP contribution in [0.25, 0.3) is 0 Å². The maximum atomic E-state index is 5.96. The Balaban J connectivity index is 1.99. The standard InChI is InChI=1S/C14H22N2O/c1-11(15)12-8-9-16-14(10-12)17-13-6-4-2-3-5-7-13/h8-11,13H,2-7,15H2,1H3. The van der Waals surface area contributed by atoms with Gasteiger partial charge in [0.2, 0.25) is 5.88 Å². The molecule has 0 radical (unpaired) electrons. The first kappa shape index (κ1) is 12.4. The molecular formula is C14H22N2O. The van der Waals surface area contributed by atoms with E-state index in [4.69, 9.17) is 10.5 Å². The van der Waals surface area contributed by atoms with Gasteiger partial charge in [-0.25, -0.2) is 4.98 Å². The van der Waals surface area contributed by atoms with Crippen molar-refractivity contribution in [1.82, 2.24) is 4.98 Å². The highest BCUT2D eigenvalue weighted by Crippen LogP contribution is 2.22. The van der Waals surface area contributed by atoms with Crippen molar-refractivity contribution in [3.63, 3.8) is 0 Å². The van der Waals surface area contributed by atoms with E-state index in [1.165, 1.54) is 25.7 Å². The Hall–Kier alpha value is -1.09. The minimum absolute atomic E-state index is 0.0366. The summed E-state index contributed by atoms with van der Waals surface area (Å²) in [6.45, 7) is 1.98. The maximum absolute atomic E-state index is 5.96. The van der Waals surface area contributed by atoms with Crippen molar-refractivity contribution in [3.8, 4) is 5.88 Å². The molecule has 1 fully saturated rings. The quantitative estimate of drug-likeness (QED) is 0.817. The molecule has 0 amide bonds. The molecule has 94 valence electrons. The van der Waals surface area contributed by atoms with E-state index in [0.29, 0.717) is 6.10 Å². The first-order valence-corrected chi connectivity index (χ1v) is 6.64. The van der Waals surface area contributed by atoms with E-state index in [2.05, 4.69) is 4.98 Å². The fourth-order valence-electron chi connectivity index (χ4n) is 2.30. The third-order valence-electron chi connectivity index (χ3n) is 3.37. The molecule has 2 N–H and O–H groups in total. The molecule has 1 aromatic rings. The van der Waals surface area contributed by atoms with Crippen LogP contribution in [0.1, 0.15) is 57.1 Å². The van der Waals surface area contributed by atoms with Gasteiger partial charge in [-0.15, -0.1) is 0 Å². The third kappa shape index (κ3) is 3.70. The Morgan fingerprint density at radius 3 is 2.65 bits per heavy atom. The van der Waals surface area contributed by atoms with Gasteiger partial charge < -0.3 is 10.5 Å². The molecule has 0 aromatic carbocycles. The van der Waals surface area contributed by atoms with E-state index >= 15 is 0 Å². The molecule has 1 aliphatic carbocycles. The van der Waals surface area contributed by atoms with Gasteiger partial charge in [-0.05, 0) is 44.2 Å². The summed E-state index contributed by atoms with van der Waals surface area (Å²) in [7, 11) is 0. The summed E-state index contributed by atoms with van der Waals surface area (Å²) in [6.07, 6.45) is 9.67. The van der Waals surface area contributed by atoms with Gasteiger partial charge in [0.25, 0.3) is 0 Å². The van der Waals surface area contributed by atoms with Crippen molar-refractivity contribution < 1.29 is 4.74 Å². The Kier molecular flexibility index (Phi) is 4.37. The molecule has 0 aliphatic heterocycles. The van der Waals surface area contributed by atoms with Crippen molar-refractivity contribution in [1.29, 1.82) is 0 Å². The summed E-state index contributed by atoms with van der Waals surface area (Å²) in [5, 5.41) is 0. The lowest BCUT2D eigenvalue weighted by molar-refractivity contribution is 0.176. The minimum Gasteiger partial charge on any atom is -0.474 e. The van der Waals surface area contributed by atoms with Crippen LogP contribution in [0.5, 0.6) is 5.88 Å². The number of rotatable bonds is 3. The number of nitrogens with two attached hydrogens (primary N) is 1. The smallest absolute Gasteiger partial charge is 0.213 e. The van der Waals surface area contributed by atoms with Crippen LogP contribution in [0.15, 0.2) is 18.3 Å². The van der Waals surface area contributed by atoms with Gasteiger partial charge in [0.15, 0.2) is 0 Å². The third-order valence-corrected chi connectivity index (χ3v) is 3.37. The molecule has 0 spiro atoms. The molecule has 2 rings (SSSR count). The maximum Gasteiger partial charge on any atom is 0.213 e. The van der Waals surface area contributed by atoms with E-state index < -0.39 is 0 Å². The van der Waals surface area contributed by atoms with Gasteiger partial charge in [0, 0.05) is 18.3 Å². The SMILES string of the molecule is CC(N)c1ccnc(OC2CCCCCC2)c1. The average Bonchev–Trinajstić information content (AvgIpc) is 2.58. The number of nitrogens with zero attached hydrogens (tertiary/aromatic N) is 1. The van der Waals surface area contributed by atoms with Crippen molar-refractivity contribution in [3.05, 3.63) is 23.9 Å². The topological polar surface area (TPSA) is 48.1 Å². The molecular weight excluding hydrogens is 212 g/mol. The van der Waals surface area contributed by atoms with Crippen molar-refractivity contribution in [2.24, 2.45) is 5.73 Å². The van der Waals surface area contributed by atoms with Crippen LogP contribution in [0, 0.1) is 0 Å². The zero-order valence-electron chi connectivity index (χ0n) is 10.6. The molecule has 1 heterocycles. The highest BCUT2D eigenvalue weighted by atomic mass is 16.5. The molecule has 1 atom stereocenters. The molecule has 1 aliphatic rings. The van der Waals surface area contributed by atoms with Crippen LogP contribution >= 0.6 is 0 Å². The molecule has 0 saturated heterocycles. The van der Waals surface area contributed by atoms with Crippen LogP contribution in [-0.2, 0) is 0 Å². The van der Waals surface area contributed by atoms with Gasteiger partial charge in [-0.3, -0.25) is 0 Å². The number of hydrogen-bond donors (Lipinski definition) is 1. The summed E-state index contributed by atoms with van der Waals surface area (Å²) < 4.78 is 5.96. The highest BCUT2D eigenvalue weighted by molar-refractivity contribution is 5.23. The van der Waals surface area contributed by atoms with Crippen LogP contribution in [0.2, 0.25) is 0 Å². The fraction of sp³-hybridized carbons (Fsp3) is 0.643. The number of aromatic nitrogens is 1. The summed E-state index contributed by atoms with van der Waals surface area (Å²) >= 11 is 0. The Labute approximate surface area is 103 Å². The van der Waals surface area contributed by atoms with Crippen molar-refractivity contribution in [2.75, 3.05) is 0 Å². The first-order valence-electron chi connectivity index (χ1n) is 6.64. The van der Waals surface area contributed by atoms with Gasteiger partial charge >= 0.3 is 0 Å². The van der Waals surface area contributed by atoms with Gasteiger partial charge in [0.05, 0.1) is 0 Å². The van der Waals surface area contributed by atoms with Crippen LogP contribution in [0.4, 0.5) is 0 Å². The highest BCUT2D eigenvalue weighted by Gasteiger charge is 2.14. The Bertz CT molecular complexity index is 344. The minimum atomic E-state index is 0.0366. The van der Waals surface area contributed by atoms with E-state index in [0.717, 1.165) is 24.3 Å². The van der Waals surface area contributed by atoms with Crippen LogP contribution in [0.3, 0.4) is 0 Å². The number of pyridine rings is 1. The monoisotopic (exact) mass is 234 g/mol. The predicted octanol–water partition coefficient (Wildman–Crippen LogP) is 3.20. The molecule has 1 aromatic heterocycles. The van der Waals surface area contributed by atoms with Gasteiger partial charge in [-0.1, -0.05) is 12.8 Å². The normalized spacial score (nSPS) is 19.6. The molecule has 3 heteroatoms. The summed E-state index contributed by atoms with van der Waals surface area (Å²) in [6, 6.07) is 3.95. The second kappa shape index (κ2) is 6.01. The zero-order valence-corrected chi connectivity index (χ0v) is 10.6. The second-order valence-electron chi connectivity index (χ2n) is 4.95. The van der Waals surface area contributed by atoms with E-state index in [1.807, 2.05) is 19.1 Å². The molecule has 1 saturated carbocycles. The number of ether oxygens (including phenoxy) is 1. The van der Waals surface area contributed by atoms with Gasteiger partial charge in [0.1, 0.15) is 6.10 Å². The lowest BCUT2D eigenvalue weighted by Gasteiger charge is -2.17. The summed E-state index contributed by atoms with van der Waals surface area (Å²) in [5.41, 5.74) is 6.94.